The summed E-state index contributed by atoms with van der Waals surface area (Å²) in [6.45, 7) is 7.00. The van der Waals surface area contributed by atoms with E-state index in [-0.39, 0.29) is 42.8 Å². The lowest BCUT2D eigenvalue weighted by atomic mass is 9.75. The first-order valence-electron chi connectivity index (χ1n) is 21.9. The van der Waals surface area contributed by atoms with E-state index in [1.54, 1.807) is 0 Å². The van der Waals surface area contributed by atoms with Crippen molar-refractivity contribution < 1.29 is 33.7 Å². The summed E-state index contributed by atoms with van der Waals surface area (Å²) < 4.78 is 18.6. The lowest BCUT2D eigenvalue weighted by molar-refractivity contribution is -0.255. The lowest BCUT2D eigenvalue weighted by Gasteiger charge is -2.50. The third kappa shape index (κ3) is 11.7. The normalized spacial score (nSPS) is 23.6. The second-order valence-electron chi connectivity index (χ2n) is 17.9. The van der Waals surface area contributed by atoms with Crippen molar-refractivity contribution in [1.29, 1.82) is 0 Å². The molecule has 0 radical (unpaired) electrons. The Balaban J connectivity index is 1.05. The second kappa shape index (κ2) is 20.2. The quantitative estimate of drug-likeness (QED) is 0.0999. The number of nitrogens with zero attached hydrogens (tertiary/aromatic N) is 1. The van der Waals surface area contributed by atoms with Crippen LogP contribution < -0.4 is 16.0 Å². The molecule has 4 N–H and O–H groups in total. The maximum atomic E-state index is 13.9. The minimum atomic E-state index is -0.822. The molecular formula is C50H62N4O7. The van der Waals surface area contributed by atoms with Crippen LogP contribution in [0.4, 0.5) is 4.79 Å². The molecule has 0 unspecified atom stereocenters. The van der Waals surface area contributed by atoms with Gasteiger partial charge in [-0.05, 0) is 91.8 Å². The standard InChI is InChI=1S/C50H62N4O7/c1-50(2,3)53-46(56)44-26-25-37-14-8-9-16-43(37)54(44)31-41-29-45(38-19-17-34(32-55)18-20-38)61-48(60-41)39-23-21-36(22-24-39)40-15-10-13-35(27-40)30-51-49(58)52-42(47(57)59-4)28-33-11-6-5-7-12-33/h5-7,10-13,15,17-24,27,37,41-45,48,55H,8-9,14,16,25-26,28-32H2,1-4H3,(H,53,56)(H2,51,52,58)/t37-,41+,42+,43-,44-,45-,48-/m1/s1. The van der Waals surface area contributed by atoms with Gasteiger partial charge in [-0.3, -0.25) is 9.69 Å². The summed E-state index contributed by atoms with van der Waals surface area (Å²) in [6, 6.07) is 32.5. The minimum absolute atomic E-state index is 0.0243. The Hall–Kier alpha value is -5.07. The van der Waals surface area contributed by atoms with Gasteiger partial charge in [0.05, 0.1) is 32.0 Å². The zero-order valence-electron chi connectivity index (χ0n) is 36.0. The molecule has 3 amide bonds. The van der Waals surface area contributed by atoms with Crippen molar-refractivity contribution in [2.24, 2.45) is 5.92 Å². The van der Waals surface area contributed by atoms with Crippen molar-refractivity contribution in [2.75, 3.05) is 13.7 Å². The van der Waals surface area contributed by atoms with Crippen LogP contribution in [-0.4, -0.2) is 71.3 Å². The topological polar surface area (TPSA) is 138 Å². The van der Waals surface area contributed by atoms with E-state index < -0.39 is 24.3 Å². The number of amides is 3. The Morgan fingerprint density at radius 3 is 2.25 bits per heavy atom. The number of ether oxygens (including phenoxy) is 3. The predicted octanol–water partition coefficient (Wildman–Crippen LogP) is 7.91. The average Bonchev–Trinajstić information content (AvgIpc) is 3.27. The van der Waals surface area contributed by atoms with Crippen LogP contribution in [0.25, 0.3) is 11.1 Å². The Labute approximate surface area is 360 Å². The third-order valence-corrected chi connectivity index (χ3v) is 12.3. The van der Waals surface area contributed by atoms with Crippen LogP contribution in [0.15, 0.2) is 103 Å². The fourth-order valence-electron chi connectivity index (χ4n) is 9.27. The number of esters is 1. The summed E-state index contributed by atoms with van der Waals surface area (Å²) in [7, 11) is 1.31. The number of likely N-dealkylation sites (tertiary alicyclic amines) is 1. The van der Waals surface area contributed by atoms with Gasteiger partial charge in [-0.15, -0.1) is 0 Å². The molecule has 1 saturated carbocycles. The smallest absolute Gasteiger partial charge is 0.328 e. The van der Waals surface area contributed by atoms with Gasteiger partial charge in [0.1, 0.15) is 6.04 Å². The van der Waals surface area contributed by atoms with Crippen LogP contribution in [0.5, 0.6) is 0 Å². The number of nitrogens with one attached hydrogen (secondary N) is 3. The Morgan fingerprint density at radius 1 is 0.803 bits per heavy atom. The van der Waals surface area contributed by atoms with Crippen molar-refractivity contribution in [1.82, 2.24) is 20.9 Å². The molecule has 7 rings (SSSR count). The molecule has 1 aliphatic carbocycles. The zero-order valence-corrected chi connectivity index (χ0v) is 36.0. The molecule has 3 fully saturated rings. The molecule has 4 aromatic rings. The molecule has 2 saturated heterocycles. The van der Waals surface area contributed by atoms with Crippen molar-refractivity contribution in [3.05, 3.63) is 131 Å². The number of carbonyl (C=O) groups is 3. The SMILES string of the molecule is COC(=O)[C@H](Cc1ccccc1)NC(=O)NCc1cccc(-c2ccc([C@@H]3O[C@H](CN4[C@@H](C(=O)NC(C)(C)C)CC[C@H]5CCCC[C@H]54)C[C@H](c4ccc(CO)cc4)O3)cc2)c1. The molecule has 61 heavy (non-hydrogen) atoms. The van der Waals surface area contributed by atoms with E-state index in [0.717, 1.165) is 58.2 Å². The molecular weight excluding hydrogens is 769 g/mol. The summed E-state index contributed by atoms with van der Waals surface area (Å²) in [6.07, 6.45) is 6.55. The highest BCUT2D eigenvalue weighted by molar-refractivity contribution is 5.84. The predicted molar refractivity (Wildman–Crippen MR) is 235 cm³/mol. The van der Waals surface area contributed by atoms with Gasteiger partial charge in [0.25, 0.3) is 0 Å². The van der Waals surface area contributed by atoms with E-state index in [9.17, 15) is 19.5 Å². The number of aliphatic hydroxyl groups excluding tert-OH is 1. The van der Waals surface area contributed by atoms with Gasteiger partial charge in [0.15, 0.2) is 6.29 Å². The van der Waals surface area contributed by atoms with Gasteiger partial charge in [-0.2, -0.15) is 0 Å². The highest BCUT2D eigenvalue weighted by Gasteiger charge is 2.44. The Morgan fingerprint density at radius 2 is 1.52 bits per heavy atom. The summed E-state index contributed by atoms with van der Waals surface area (Å²) >= 11 is 0. The summed E-state index contributed by atoms with van der Waals surface area (Å²) in [5, 5.41) is 18.7. The Kier molecular flexibility index (Phi) is 14.6. The zero-order chi connectivity index (χ0) is 42.9. The van der Waals surface area contributed by atoms with E-state index in [0.29, 0.717) is 31.3 Å². The van der Waals surface area contributed by atoms with Crippen molar-refractivity contribution in [3.8, 4) is 11.1 Å². The first-order chi connectivity index (χ1) is 29.5. The largest absolute Gasteiger partial charge is 0.467 e. The number of hydrogen-bond donors (Lipinski definition) is 4. The molecule has 11 nitrogen and oxygen atoms in total. The molecule has 11 heteroatoms. The molecule has 3 aliphatic rings. The van der Waals surface area contributed by atoms with Gasteiger partial charge in [-0.1, -0.05) is 110 Å². The highest BCUT2D eigenvalue weighted by Crippen LogP contribution is 2.42. The van der Waals surface area contributed by atoms with E-state index >= 15 is 0 Å². The Bertz CT molecular complexity index is 2070. The molecule has 0 aromatic heterocycles. The highest BCUT2D eigenvalue weighted by atomic mass is 16.7. The van der Waals surface area contributed by atoms with Gasteiger partial charge >= 0.3 is 12.0 Å². The summed E-state index contributed by atoms with van der Waals surface area (Å²) in [5.41, 5.74) is 6.25. The number of urea groups is 1. The maximum Gasteiger partial charge on any atom is 0.328 e. The van der Waals surface area contributed by atoms with Gasteiger partial charge in [-0.25, -0.2) is 9.59 Å². The number of aliphatic hydroxyl groups is 1. The van der Waals surface area contributed by atoms with E-state index in [2.05, 4.69) is 33.0 Å². The number of hydrogen-bond acceptors (Lipinski definition) is 8. The first-order valence-corrected chi connectivity index (χ1v) is 21.9. The molecule has 7 atom stereocenters. The van der Waals surface area contributed by atoms with E-state index in [4.69, 9.17) is 14.2 Å². The number of rotatable bonds is 13. The third-order valence-electron chi connectivity index (χ3n) is 12.3. The molecule has 324 valence electrons. The van der Waals surface area contributed by atoms with Crippen LogP contribution in [0.2, 0.25) is 0 Å². The first kappa shape index (κ1) is 44.0. The maximum absolute atomic E-state index is 13.9. The summed E-state index contributed by atoms with van der Waals surface area (Å²) in [4.78, 5) is 41.7. The molecule has 0 bridgehead atoms. The fourth-order valence-corrected chi connectivity index (χ4v) is 9.27. The molecule has 4 aromatic carbocycles. The van der Waals surface area contributed by atoms with Crippen LogP contribution in [0.3, 0.4) is 0 Å². The number of methoxy groups -OCH3 is 1. The number of fused-ring (bicyclic) bond motifs is 1. The van der Waals surface area contributed by atoms with Crippen LogP contribution in [0, 0.1) is 5.92 Å². The lowest BCUT2D eigenvalue weighted by Crippen LogP contribution is -2.61. The fraction of sp³-hybridized carbons (Fsp3) is 0.460. The van der Waals surface area contributed by atoms with Crippen LogP contribution in [0.1, 0.15) is 106 Å². The van der Waals surface area contributed by atoms with Gasteiger partial charge < -0.3 is 35.3 Å². The second-order valence-corrected chi connectivity index (χ2v) is 17.9. The van der Waals surface area contributed by atoms with Crippen LogP contribution >= 0.6 is 0 Å². The number of carbonyl (C=O) groups excluding carboxylic acids is 3. The van der Waals surface area contributed by atoms with E-state index in [1.165, 1.54) is 26.4 Å². The molecule has 2 heterocycles. The van der Waals surface area contributed by atoms with Crippen molar-refractivity contribution in [3.63, 3.8) is 0 Å². The number of benzene rings is 4. The average molecular weight is 831 g/mol. The van der Waals surface area contributed by atoms with Crippen molar-refractivity contribution >= 4 is 17.9 Å². The van der Waals surface area contributed by atoms with E-state index in [1.807, 2.05) is 112 Å². The molecule has 2 aliphatic heterocycles. The summed E-state index contributed by atoms with van der Waals surface area (Å²) in [5.74, 6) is 0.179. The number of piperidine rings is 1. The van der Waals surface area contributed by atoms with Gasteiger partial charge in [0, 0.05) is 43.1 Å². The van der Waals surface area contributed by atoms with Gasteiger partial charge in [0.2, 0.25) is 5.91 Å². The minimum Gasteiger partial charge on any atom is -0.467 e. The van der Waals surface area contributed by atoms with Crippen LogP contribution in [-0.2, 0) is 43.4 Å². The van der Waals surface area contributed by atoms with Crippen molar-refractivity contribution in [2.45, 2.75) is 127 Å². The monoisotopic (exact) mass is 830 g/mol. The molecule has 0 spiro atoms.